The number of piperazine rings is 1. The lowest BCUT2D eigenvalue weighted by Crippen LogP contribution is -2.50. The lowest BCUT2D eigenvalue weighted by Gasteiger charge is -2.35. The standard InChI is InChI=1S/C18H23N5O2/c1-13-10-15(4-5-17(13)14(2)24)20-18(25)23-8-6-22(7-9-23)16-11-19-21(3)12-16/h4-5,10-12H,6-9H2,1-3H3,(H,20,25). The van der Waals surface area contributed by atoms with Crippen molar-refractivity contribution in [2.45, 2.75) is 13.8 Å². The Morgan fingerprint density at radius 2 is 1.88 bits per heavy atom. The third-order valence-corrected chi connectivity index (χ3v) is 4.48. The Hall–Kier alpha value is -2.83. The number of carbonyl (C=O) groups is 2. The van der Waals surface area contributed by atoms with Crippen LogP contribution in [0.2, 0.25) is 0 Å². The van der Waals surface area contributed by atoms with E-state index in [9.17, 15) is 9.59 Å². The van der Waals surface area contributed by atoms with Gasteiger partial charge in [0.1, 0.15) is 0 Å². The summed E-state index contributed by atoms with van der Waals surface area (Å²) in [5, 5.41) is 7.11. The van der Waals surface area contributed by atoms with Gasteiger partial charge in [-0.1, -0.05) is 0 Å². The van der Waals surface area contributed by atoms with Crippen LogP contribution >= 0.6 is 0 Å². The highest BCUT2D eigenvalue weighted by Crippen LogP contribution is 2.18. The molecule has 0 saturated carbocycles. The average molecular weight is 341 g/mol. The fourth-order valence-electron chi connectivity index (χ4n) is 3.08. The Kier molecular flexibility index (Phi) is 4.74. The van der Waals surface area contributed by atoms with Gasteiger partial charge in [0.05, 0.1) is 11.9 Å². The minimum absolute atomic E-state index is 0.0295. The Morgan fingerprint density at radius 1 is 1.16 bits per heavy atom. The summed E-state index contributed by atoms with van der Waals surface area (Å²) >= 11 is 0. The van der Waals surface area contributed by atoms with Crippen molar-refractivity contribution in [1.29, 1.82) is 0 Å². The van der Waals surface area contributed by atoms with Gasteiger partial charge in [-0.3, -0.25) is 9.48 Å². The number of hydrogen-bond acceptors (Lipinski definition) is 4. The summed E-state index contributed by atoms with van der Waals surface area (Å²) in [6, 6.07) is 5.25. The first-order valence-corrected chi connectivity index (χ1v) is 8.35. The number of amides is 2. The number of anilines is 2. The molecule has 1 fully saturated rings. The maximum Gasteiger partial charge on any atom is 0.321 e. The van der Waals surface area contributed by atoms with Crippen molar-refractivity contribution in [2.75, 3.05) is 36.4 Å². The molecule has 2 amide bonds. The normalized spacial score (nSPS) is 14.5. The number of benzene rings is 1. The lowest BCUT2D eigenvalue weighted by molar-refractivity contribution is 0.101. The quantitative estimate of drug-likeness (QED) is 0.870. The highest BCUT2D eigenvalue weighted by Gasteiger charge is 2.22. The van der Waals surface area contributed by atoms with Gasteiger partial charge in [0.2, 0.25) is 0 Å². The van der Waals surface area contributed by atoms with Gasteiger partial charge in [-0.05, 0) is 37.6 Å². The summed E-state index contributed by atoms with van der Waals surface area (Å²) in [6.45, 7) is 6.29. The second kappa shape index (κ2) is 6.96. The highest BCUT2D eigenvalue weighted by atomic mass is 16.2. The number of ketones is 1. The first kappa shape index (κ1) is 17.0. The first-order chi connectivity index (χ1) is 11.9. The van der Waals surface area contributed by atoms with Gasteiger partial charge in [0, 0.05) is 50.7 Å². The summed E-state index contributed by atoms with van der Waals surface area (Å²) in [6.07, 6.45) is 3.82. The number of nitrogens with zero attached hydrogens (tertiary/aromatic N) is 4. The van der Waals surface area contributed by atoms with Crippen LogP contribution in [0, 0.1) is 6.92 Å². The molecule has 0 unspecified atom stereocenters. The van der Waals surface area contributed by atoms with E-state index in [1.165, 1.54) is 0 Å². The van der Waals surface area contributed by atoms with Crippen molar-refractivity contribution in [2.24, 2.45) is 7.05 Å². The first-order valence-electron chi connectivity index (χ1n) is 8.35. The summed E-state index contributed by atoms with van der Waals surface area (Å²) < 4.78 is 1.78. The van der Waals surface area contributed by atoms with Gasteiger partial charge >= 0.3 is 6.03 Å². The monoisotopic (exact) mass is 341 g/mol. The third-order valence-electron chi connectivity index (χ3n) is 4.48. The molecule has 1 aliphatic heterocycles. The van der Waals surface area contributed by atoms with E-state index in [1.807, 2.05) is 32.4 Å². The van der Waals surface area contributed by atoms with E-state index >= 15 is 0 Å². The zero-order chi connectivity index (χ0) is 18.0. The Balaban J connectivity index is 1.58. The predicted molar refractivity (Wildman–Crippen MR) is 97.2 cm³/mol. The molecule has 0 aliphatic carbocycles. The number of hydrogen-bond donors (Lipinski definition) is 1. The van der Waals surface area contributed by atoms with Crippen molar-refractivity contribution >= 4 is 23.2 Å². The smallest absolute Gasteiger partial charge is 0.321 e. The molecule has 7 nitrogen and oxygen atoms in total. The van der Waals surface area contributed by atoms with E-state index in [0.717, 1.165) is 24.3 Å². The fraction of sp³-hybridized carbons (Fsp3) is 0.389. The van der Waals surface area contributed by atoms with Crippen LogP contribution in [0.5, 0.6) is 0 Å². The Morgan fingerprint density at radius 3 is 2.44 bits per heavy atom. The molecule has 2 aromatic rings. The van der Waals surface area contributed by atoms with E-state index in [2.05, 4.69) is 15.3 Å². The van der Waals surface area contributed by atoms with Gasteiger partial charge in [-0.2, -0.15) is 5.10 Å². The molecule has 0 bridgehead atoms. The fourth-order valence-corrected chi connectivity index (χ4v) is 3.08. The average Bonchev–Trinajstić information content (AvgIpc) is 3.01. The maximum absolute atomic E-state index is 12.5. The maximum atomic E-state index is 12.5. The molecule has 1 aromatic heterocycles. The Bertz CT molecular complexity index is 791. The van der Waals surface area contributed by atoms with Gasteiger partial charge in [-0.15, -0.1) is 0 Å². The molecule has 2 heterocycles. The molecular formula is C18H23N5O2. The van der Waals surface area contributed by atoms with E-state index in [0.29, 0.717) is 24.3 Å². The van der Waals surface area contributed by atoms with Crippen LogP contribution in [-0.4, -0.2) is 52.7 Å². The highest BCUT2D eigenvalue weighted by molar-refractivity contribution is 5.97. The molecule has 1 aliphatic rings. The van der Waals surface area contributed by atoms with E-state index in [4.69, 9.17) is 0 Å². The topological polar surface area (TPSA) is 70.5 Å². The van der Waals surface area contributed by atoms with Crippen molar-refractivity contribution in [3.8, 4) is 0 Å². The molecule has 1 aromatic carbocycles. The lowest BCUT2D eigenvalue weighted by atomic mass is 10.1. The minimum atomic E-state index is -0.110. The van der Waals surface area contributed by atoms with Crippen LogP contribution in [0.3, 0.4) is 0 Å². The zero-order valence-electron chi connectivity index (χ0n) is 14.8. The second-order valence-electron chi connectivity index (χ2n) is 6.36. The second-order valence-corrected chi connectivity index (χ2v) is 6.36. The van der Waals surface area contributed by atoms with Crippen LogP contribution in [0.1, 0.15) is 22.8 Å². The number of aromatic nitrogens is 2. The van der Waals surface area contributed by atoms with Crippen LogP contribution < -0.4 is 10.2 Å². The van der Waals surface area contributed by atoms with Crippen molar-refractivity contribution in [1.82, 2.24) is 14.7 Å². The zero-order valence-corrected chi connectivity index (χ0v) is 14.8. The van der Waals surface area contributed by atoms with Crippen LogP contribution in [0.15, 0.2) is 30.6 Å². The van der Waals surface area contributed by atoms with E-state index < -0.39 is 0 Å². The molecular weight excluding hydrogens is 318 g/mol. The molecule has 0 atom stereocenters. The third kappa shape index (κ3) is 3.81. The van der Waals surface area contributed by atoms with Crippen LogP contribution in [-0.2, 0) is 7.05 Å². The van der Waals surface area contributed by atoms with Gasteiger partial charge < -0.3 is 15.1 Å². The summed E-state index contributed by atoms with van der Waals surface area (Å²) in [5.41, 5.74) is 3.34. The van der Waals surface area contributed by atoms with E-state index in [-0.39, 0.29) is 11.8 Å². The number of Topliss-reactive ketones (excluding diaryl/α,β-unsaturated/α-hetero) is 1. The van der Waals surface area contributed by atoms with Crippen molar-refractivity contribution in [3.63, 3.8) is 0 Å². The molecule has 3 rings (SSSR count). The number of aryl methyl sites for hydroxylation is 2. The largest absolute Gasteiger partial charge is 0.365 e. The number of rotatable bonds is 3. The van der Waals surface area contributed by atoms with Gasteiger partial charge in [0.25, 0.3) is 0 Å². The van der Waals surface area contributed by atoms with Crippen LogP contribution in [0.25, 0.3) is 0 Å². The van der Waals surface area contributed by atoms with Crippen LogP contribution in [0.4, 0.5) is 16.2 Å². The van der Waals surface area contributed by atoms with Crippen molar-refractivity contribution in [3.05, 3.63) is 41.7 Å². The molecule has 1 N–H and O–H groups in total. The van der Waals surface area contributed by atoms with Crippen molar-refractivity contribution < 1.29 is 9.59 Å². The number of carbonyl (C=O) groups excluding carboxylic acids is 2. The molecule has 7 heteroatoms. The number of nitrogens with one attached hydrogen (secondary N) is 1. The summed E-state index contributed by atoms with van der Waals surface area (Å²) in [7, 11) is 1.90. The molecule has 0 radical (unpaired) electrons. The molecule has 1 saturated heterocycles. The number of urea groups is 1. The summed E-state index contributed by atoms with van der Waals surface area (Å²) in [5.74, 6) is 0.0295. The molecule has 25 heavy (non-hydrogen) atoms. The molecule has 132 valence electrons. The Labute approximate surface area is 147 Å². The SMILES string of the molecule is CC(=O)c1ccc(NC(=O)N2CCN(c3cnn(C)c3)CC2)cc1C. The van der Waals surface area contributed by atoms with Gasteiger partial charge in [0.15, 0.2) is 5.78 Å². The predicted octanol–water partition coefficient (Wildman–Crippen LogP) is 2.29. The minimum Gasteiger partial charge on any atom is -0.365 e. The molecule has 0 spiro atoms. The van der Waals surface area contributed by atoms with Gasteiger partial charge in [-0.25, -0.2) is 4.79 Å². The summed E-state index contributed by atoms with van der Waals surface area (Å²) in [4.78, 5) is 28.0. The van der Waals surface area contributed by atoms with E-state index in [1.54, 1.807) is 28.6 Å².